The second kappa shape index (κ2) is 13.4. The zero-order valence-corrected chi connectivity index (χ0v) is 16.6. The summed E-state index contributed by atoms with van der Waals surface area (Å²) in [5.41, 5.74) is -0.934. The first-order valence-electron chi connectivity index (χ1n) is 8.67. The number of hydrogen-bond donors (Lipinski definition) is 6. The number of hydrogen-bond acceptors (Lipinski definition) is 6. The van der Waals surface area contributed by atoms with E-state index in [0.29, 0.717) is 12.8 Å². The molecule has 26 heavy (non-hydrogen) atoms. The molecule has 0 aliphatic carbocycles. The molecule has 0 aliphatic rings. The van der Waals surface area contributed by atoms with E-state index in [0.717, 1.165) is 51.4 Å². The van der Waals surface area contributed by atoms with Gasteiger partial charge in [-0.2, -0.15) is 0 Å². The summed E-state index contributed by atoms with van der Waals surface area (Å²) in [5, 5.41) is 22.4. The van der Waals surface area contributed by atoms with E-state index in [1.165, 1.54) is 0 Å². The highest BCUT2D eigenvalue weighted by molar-refractivity contribution is 7.70. The van der Waals surface area contributed by atoms with E-state index in [-0.39, 0.29) is 12.8 Å². The number of nitrogens with zero attached hydrogens (tertiary/aromatic N) is 2. The van der Waals surface area contributed by atoms with Crippen molar-refractivity contribution in [1.29, 1.82) is 0 Å². The van der Waals surface area contributed by atoms with E-state index in [1.54, 1.807) is 0 Å². The Labute approximate surface area is 153 Å². The summed E-state index contributed by atoms with van der Waals surface area (Å²) >= 11 is 0. The van der Waals surface area contributed by atoms with Gasteiger partial charge < -0.3 is 30.0 Å². The fraction of sp³-hybridized carbons (Fsp3) is 0.857. The zero-order valence-electron chi connectivity index (χ0n) is 14.8. The Kier molecular flexibility index (Phi) is 13.0. The van der Waals surface area contributed by atoms with Crippen molar-refractivity contribution in [3.63, 3.8) is 0 Å². The molecule has 6 N–H and O–H groups in total. The zero-order chi connectivity index (χ0) is 20.1. The second-order valence-corrected chi connectivity index (χ2v) is 9.36. The molecule has 0 aromatic carbocycles. The van der Waals surface area contributed by atoms with Crippen molar-refractivity contribution in [3.8, 4) is 0 Å². The Morgan fingerprint density at radius 3 is 0.962 bits per heavy atom. The van der Waals surface area contributed by atoms with E-state index in [4.69, 9.17) is 30.0 Å². The van der Waals surface area contributed by atoms with Crippen LogP contribution in [0.3, 0.4) is 0 Å². The summed E-state index contributed by atoms with van der Waals surface area (Å²) in [6, 6.07) is 0. The van der Waals surface area contributed by atoms with Crippen molar-refractivity contribution in [2.45, 2.75) is 77.0 Å². The van der Waals surface area contributed by atoms with E-state index in [2.05, 4.69) is 10.3 Å². The van der Waals surface area contributed by atoms with E-state index in [9.17, 15) is 9.13 Å². The molecule has 0 fully saturated rings. The van der Waals surface area contributed by atoms with Crippen LogP contribution in [-0.2, 0) is 9.13 Å². The van der Waals surface area contributed by atoms with Gasteiger partial charge in [0, 0.05) is 12.8 Å². The molecule has 0 aliphatic heterocycles. The van der Waals surface area contributed by atoms with E-state index >= 15 is 0 Å². The molecular weight excluding hydrogens is 386 g/mol. The average Bonchev–Trinajstić information content (AvgIpc) is 2.53. The van der Waals surface area contributed by atoms with Gasteiger partial charge in [-0.25, -0.2) is 0 Å². The minimum atomic E-state index is -4.44. The van der Waals surface area contributed by atoms with Gasteiger partial charge in [0.15, 0.2) is 10.9 Å². The first-order chi connectivity index (χ1) is 12.1. The average molecular weight is 416 g/mol. The van der Waals surface area contributed by atoms with Crippen molar-refractivity contribution in [1.82, 2.24) is 0 Å². The SMILES string of the molecule is O=P(O)(O)/C(CCCCCCCCCCCC/C(=N/O)P(=O)(O)O)=N\O. The molecule has 154 valence electrons. The maximum absolute atomic E-state index is 10.9. The Morgan fingerprint density at radius 2 is 0.769 bits per heavy atom. The van der Waals surface area contributed by atoms with Gasteiger partial charge in [0.2, 0.25) is 0 Å². The molecule has 12 heteroatoms. The summed E-state index contributed by atoms with van der Waals surface area (Å²) in [5.74, 6) is 0. The van der Waals surface area contributed by atoms with Gasteiger partial charge in [-0.1, -0.05) is 61.7 Å². The minimum absolute atomic E-state index is 0.0918. The molecule has 0 aromatic rings. The summed E-state index contributed by atoms with van der Waals surface area (Å²) in [6.45, 7) is 0. The van der Waals surface area contributed by atoms with Crippen LogP contribution in [0.25, 0.3) is 0 Å². The fourth-order valence-corrected chi connectivity index (χ4v) is 3.62. The van der Waals surface area contributed by atoms with Crippen molar-refractivity contribution in [2.24, 2.45) is 10.3 Å². The van der Waals surface area contributed by atoms with Gasteiger partial charge in [0.1, 0.15) is 0 Å². The number of rotatable bonds is 15. The van der Waals surface area contributed by atoms with Crippen molar-refractivity contribution in [2.75, 3.05) is 0 Å². The standard InChI is InChI=1S/C14H30N2O8P2/c17-15-13(25(19,20)21)11-9-7-5-3-1-2-4-6-8-10-12-14(16-18)26(22,23)24/h17-18H,1-12H2,(H2,19,20,21)(H2,22,23,24)/b15-13-,16-14-. The van der Waals surface area contributed by atoms with Gasteiger partial charge >= 0.3 is 15.2 Å². The van der Waals surface area contributed by atoms with Crippen LogP contribution in [0, 0.1) is 0 Å². The molecule has 0 bridgehead atoms. The lowest BCUT2D eigenvalue weighted by molar-refractivity contribution is 0.314. The summed E-state index contributed by atoms with van der Waals surface area (Å²) in [7, 11) is -8.88. The van der Waals surface area contributed by atoms with Gasteiger partial charge in [0.05, 0.1) is 0 Å². The lowest BCUT2D eigenvalue weighted by Crippen LogP contribution is -1.99. The highest BCUT2D eigenvalue weighted by Gasteiger charge is 2.23. The normalized spacial score (nSPS) is 14.0. The smallest absolute Gasteiger partial charge is 0.373 e. The van der Waals surface area contributed by atoms with Crippen LogP contribution in [-0.4, -0.2) is 40.9 Å². The van der Waals surface area contributed by atoms with Crippen LogP contribution in [0.15, 0.2) is 10.3 Å². The number of unbranched alkanes of at least 4 members (excludes halogenated alkanes) is 9. The maximum atomic E-state index is 10.9. The number of oxime groups is 2. The van der Waals surface area contributed by atoms with Crippen LogP contribution in [0.1, 0.15) is 77.0 Å². The third-order valence-electron chi connectivity index (χ3n) is 3.95. The molecule has 0 unspecified atom stereocenters. The Morgan fingerprint density at radius 1 is 0.538 bits per heavy atom. The van der Waals surface area contributed by atoms with Crippen LogP contribution < -0.4 is 0 Å². The lowest BCUT2D eigenvalue weighted by atomic mass is 10.1. The molecule has 0 saturated carbocycles. The largest absolute Gasteiger partial charge is 0.410 e. The molecule has 0 aromatic heterocycles. The Balaban J connectivity index is 3.53. The highest BCUT2D eigenvalue weighted by Crippen LogP contribution is 2.39. The van der Waals surface area contributed by atoms with Gasteiger partial charge in [-0.3, -0.25) is 9.13 Å². The molecule has 0 atom stereocenters. The highest BCUT2D eigenvalue weighted by atomic mass is 31.2. The van der Waals surface area contributed by atoms with E-state index in [1.807, 2.05) is 0 Å². The third kappa shape index (κ3) is 12.6. The van der Waals surface area contributed by atoms with E-state index < -0.39 is 26.1 Å². The van der Waals surface area contributed by atoms with Crippen LogP contribution >= 0.6 is 15.2 Å². The minimum Gasteiger partial charge on any atom is -0.410 e. The monoisotopic (exact) mass is 416 g/mol. The summed E-state index contributed by atoms with van der Waals surface area (Å²) in [4.78, 5) is 35.5. The first kappa shape index (κ1) is 25.2. The lowest BCUT2D eigenvalue weighted by Gasteiger charge is -2.06. The summed E-state index contributed by atoms with van der Waals surface area (Å²) < 4.78 is 21.9. The second-order valence-electron chi connectivity index (χ2n) is 6.16. The Bertz CT molecular complexity index is 493. The topological polar surface area (TPSA) is 180 Å². The molecule has 0 rings (SSSR count). The van der Waals surface area contributed by atoms with Crippen LogP contribution in [0.2, 0.25) is 0 Å². The first-order valence-corrected chi connectivity index (χ1v) is 11.9. The van der Waals surface area contributed by atoms with Gasteiger partial charge in [0.25, 0.3) is 0 Å². The van der Waals surface area contributed by atoms with Crippen molar-refractivity contribution in [3.05, 3.63) is 0 Å². The molecule has 10 nitrogen and oxygen atoms in total. The molecule has 0 saturated heterocycles. The van der Waals surface area contributed by atoms with Gasteiger partial charge in [-0.05, 0) is 12.8 Å². The van der Waals surface area contributed by atoms with Crippen molar-refractivity contribution >= 4 is 26.1 Å². The fourth-order valence-electron chi connectivity index (χ4n) is 2.49. The molecule has 0 amide bonds. The molecule has 0 radical (unpaired) electrons. The Hall–Kier alpha value is -0.760. The maximum Gasteiger partial charge on any atom is 0.373 e. The quantitative estimate of drug-likeness (QED) is 0.0770. The van der Waals surface area contributed by atoms with Gasteiger partial charge in [-0.15, -0.1) is 0 Å². The summed E-state index contributed by atoms with van der Waals surface area (Å²) in [6.07, 6.45) is 8.95. The molecule has 0 spiro atoms. The van der Waals surface area contributed by atoms with Crippen LogP contribution in [0.5, 0.6) is 0 Å². The predicted molar refractivity (Wildman–Crippen MR) is 97.9 cm³/mol. The molecule has 0 heterocycles. The third-order valence-corrected chi connectivity index (χ3v) is 5.93. The molecular formula is C14H30N2O8P2. The van der Waals surface area contributed by atoms with Crippen LogP contribution in [0.4, 0.5) is 0 Å². The van der Waals surface area contributed by atoms with Crippen molar-refractivity contribution < 1.29 is 39.1 Å². The predicted octanol–water partition coefficient (Wildman–Crippen LogP) is 3.60.